The lowest BCUT2D eigenvalue weighted by Crippen LogP contribution is -2.66. The van der Waals surface area contributed by atoms with E-state index in [1.807, 2.05) is 0 Å². The number of unbranched alkanes of at least 4 members (excludes halogenated alkanes) is 28. The number of amides is 1. The van der Waals surface area contributed by atoms with Gasteiger partial charge in [-0.05, 0) is 38.5 Å². The molecule has 0 bridgehead atoms. The molecule has 0 saturated carbocycles. The number of carbonyl (C=O) groups excluding carboxylic acids is 1. The van der Waals surface area contributed by atoms with Crippen LogP contribution in [0.4, 0.5) is 0 Å². The first-order valence-corrected chi connectivity index (χ1v) is 32.1. The van der Waals surface area contributed by atoms with Crippen LogP contribution in [-0.4, -0.2) is 193 Å². The molecule has 3 aliphatic rings. The van der Waals surface area contributed by atoms with Crippen LogP contribution in [0.25, 0.3) is 0 Å². The van der Waals surface area contributed by atoms with E-state index in [1.165, 1.54) is 122 Å². The minimum Gasteiger partial charge on any atom is -0.394 e. The fourth-order valence-electron chi connectivity index (χ4n) is 11.0. The number of aliphatic hydroxyl groups excluding tert-OH is 11. The van der Waals surface area contributed by atoms with E-state index in [-0.39, 0.29) is 18.9 Å². The molecule has 1 amide bonds. The van der Waals surface area contributed by atoms with Crippen molar-refractivity contribution in [2.45, 2.75) is 336 Å². The Kier molecular flexibility index (Phi) is 41.4. The maximum absolute atomic E-state index is 13.3. The Balaban J connectivity index is 1.45. The summed E-state index contributed by atoms with van der Waals surface area (Å²) in [5, 5.41) is 120. The number of ether oxygens (including phenoxy) is 6. The zero-order valence-corrected chi connectivity index (χ0v) is 49.8. The Morgan fingerprint density at radius 3 is 1.31 bits per heavy atom. The number of carbonyl (C=O) groups is 1. The highest BCUT2D eigenvalue weighted by atomic mass is 16.8. The van der Waals surface area contributed by atoms with Crippen LogP contribution in [-0.2, 0) is 33.2 Å². The third-order valence-electron chi connectivity index (χ3n) is 16.3. The van der Waals surface area contributed by atoms with Gasteiger partial charge in [0.2, 0.25) is 5.91 Å². The van der Waals surface area contributed by atoms with Crippen molar-refractivity contribution in [3.05, 3.63) is 24.3 Å². The van der Waals surface area contributed by atoms with Crippen LogP contribution in [0.3, 0.4) is 0 Å². The van der Waals surface area contributed by atoms with Gasteiger partial charge in [-0.3, -0.25) is 4.79 Å². The van der Waals surface area contributed by atoms with E-state index in [4.69, 9.17) is 28.4 Å². The standard InChI is InChI=1S/C62H115NO18/c1-3-5-7-9-11-13-15-17-18-19-20-21-22-23-24-25-26-28-29-31-33-35-37-39-46(67)45(63-50(68)40-38-36-34-32-30-27-16-14-12-10-8-6-4-2)44-76-60-56(74)53(71)58(48(42-65)78-60)81-62-57(75)54(72)59(49(43-66)79-62)80-61-55(73)52(70)51(69)47(41-64)77-61/h8,10,14,16,45-49,51-62,64-67,69-75H,3-7,9,11-13,15,17-44H2,1-2H3,(H,63,68)/b10-8-,16-14-. The Hall–Kier alpha value is -1.73. The van der Waals surface area contributed by atoms with Crippen molar-refractivity contribution >= 4 is 5.91 Å². The lowest BCUT2D eigenvalue weighted by molar-refractivity contribution is -0.379. The molecule has 476 valence electrons. The van der Waals surface area contributed by atoms with E-state index in [9.17, 15) is 61.0 Å². The summed E-state index contributed by atoms with van der Waals surface area (Å²) in [6, 6.07) is -0.892. The average molecular weight is 1160 g/mol. The van der Waals surface area contributed by atoms with E-state index in [0.717, 1.165) is 77.0 Å². The predicted octanol–water partition coefficient (Wildman–Crippen LogP) is 6.71. The van der Waals surface area contributed by atoms with Gasteiger partial charge in [0, 0.05) is 6.42 Å². The smallest absolute Gasteiger partial charge is 0.220 e. The summed E-state index contributed by atoms with van der Waals surface area (Å²) in [4.78, 5) is 13.3. The molecule has 17 atom stereocenters. The normalized spacial score (nSPS) is 29.9. The highest BCUT2D eigenvalue weighted by Crippen LogP contribution is 2.33. The van der Waals surface area contributed by atoms with Crippen molar-refractivity contribution in [3.8, 4) is 0 Å². The van der Waals surface area contributed by atoms with Crippen LogP contribution in [0.5, 0.6) is 0 Å². The zero-order chi connectivity index (χ0) is 59.0. The van der Waals surface area contributed by atoms with Crippen LogP contribution in [0.15, 0.2) is 24.3 Å². The first-order chi connectivity index (χ1) is 39.3. The van der Waals surface area contributed by atoms with Crippen LogP contribution in [0.2, 0.25) is 0 Å². The van der Waals surface area contributed by atoms with Gasteiger partial charge in [0.05, 0.1) is 38.6 Å². The molecule has 12 N–H and O–H groups in total. The number of allylic oxidation sites excluding steroid dienone is 4. The molecule has 0 spiro atoms. The summed E-state index contributed by atoms with van der Waals surface area (Å²) in [5.74, 6) is -0.256. The largest absolute Gasteiger partial charge is 0.394 e. The Labute approximate surface area is 486 Å². The monoisotopic (exact) mass is 1160 g/mol. The molecule has 3 rings (SSSR count). The number of hydrogen-bond donors (Lipinski definition) is 12. The van der Waals surface area contributed by atoms with Gasteiger partial charge in [-0.25, -0.2) is 0 Å². The molecule has 3 aliphatic heterocycles. The van der Waals surface area contributed by atoms with Gasteiger partial charge in [-0.1, -0.05) is 212 Å². The van der Waals surface area contributed by atoms with Crippen molar-refractivity contribution in [1.82, 2.24) is 5.32 Å². The summed E-state index contributed by atoms with van der Waals surface area (Å²) in [6.07, 6.45) is 21.2. The zero-order valence-electron chi connectivity index (χ0n) is 49.8. The second-order valence-electron chi connectivity index (χ2n) is 23.2. The lowest BCUT2D eigenvalue weighted by Gasteiger charge is -2.48. The number of nitrogens with one attached hydrogen (secondary N) is 1. The molecular formula is C62H115NO18. The van der Waals surface area contributed by atoms with Gasteiger partial charge >= 0.3 is 0 Å². The third kappa shape index (κ3) is 29.0. The highest BCUT2D eigenvalue weighted by Gasteiger charge is 2.53. The summed E-state index contributed by atoms with van der Waals surface area (Å²) in [5.41, 5.74) is 0. The average Bonchev–Trinajstić information content (AvgIpc) is 3.51. The first-order valence-electron chi connectivity index (χ1n) is 32.1. The van der Waals surface area contributed by atoms with Gasteiger partial charge in [0.15, 0.2) is 18.9 Å². The minimum atomic E-state index is -1.97. The molecular weight excluding hydrogens is 1050 g/mol. The van der Waals surface area contributed by atoms with Gasteiger partial charge < -0.3 is 89.9 Å². The molecule has 17 unspecified atom stereocenters. The van der Waals surface area contributed by atoms with E-state index in [2.05, 4.69) is 43.5 Å². The second kappa shape index (κ2) is 45.6. The predicted molar refractivity (Wildman–Crippen MR) is 310 cm³/mol. The fraction of sp³-hybridized carbons (Fsp3) is 0.919. The van der Waals surface area contributed by atoms with E-state index < -0.39 is 124 Å². The lowest BCUT2D eigenvalue weighted by atomic mass is 9.96. The van der Waals surface area contributed by atoms with E-state index in [0.29, 0.717) is 12.8 Å². The Bertz CT molecular complexity index is 1580. The Morgan fingerprint density at radius 1 is 0.444 bits per heavy atom. The molecule has 0 aliphatic carbocycles. The molecule has 19 heteroatoms. The van der Waals surface area contributed by atoms with Crippen LogP contribution < -0.4 is 5.32 Å². The van der Waals surface area contributed by atoms with E-state index in [1.54, 1.807) is 0 Å². The van der Waals surface area contributed by atoms with Gasteiger partial charge in [-0.15, -0.1) is 0 Å². The maximum atomic E-state index is 13.3. The molecule has 0 aromatic rings. The molecule has 81 heavy (non-hydrogen) atoms. The quantitative estimate of drug-likeness (QED) is 0.0222. The fourth-order valence-corrected chi connectivity index (χ4v) is 11.0. The number of rotatable bonds is 48. The summed E-state index contributed by atoms with van der Waals surface area (Å²) < 4.78 is 34.3. The molecule has 3 heterocycles. The minimum absolute atomic E-state index is 0.251. The topological polar surface area (TPSA) is 307 Å². The maximum Gasteiger partial charge on any atom is 0.220 e. The van der Waals surface area contributed by atoms with Crippen LogP contribution in [0, 0.1) is 0 Å². The van der Waals surface area contributed by atoms with Crippen molar-refractivity contribution < 1.29 is 89.4 Å². The summed E-state index contributed by atoms with van der Waals surface area (Å²) in [7, 11) is 0. The molecule has 3 saturated heterocycles. The van der Waals surface area contributed by atoms with Crippen molar-refractivity contribution in [3.63, 3.8) is 0 Å². The van der Waals surface area contributed by atoms with Crippen LogP contribution >= 0.6 is 0 Å². The van der Waals surface area contributed by atoms with E-state index >= 15 is 0 Å². The summed E-state index contributed by atoms with van der Waals surface area (Å²) >= 11 is 0. The molecule has 0 aromatic carbocycles. The van der Waals surface area contributed by atoms with Gasteiger partial charge in [0.1, 0.15) is 73.2 Å². The Morgan fingerprint density at radius 2 is 0.840 bits per heavy atom. The second-order valence-corrected chi connectivity index (χ2v) is 23.2. The number of hydrogen-bond acceptors (Lipinski definition) is 18. The van der Waals surface area contributed by atoms with Crippen molar-refractivity contribution in [1.29, 1.82) is 0 Å². The molecule has 0 aromatic heterocycles. The molecule has 3 fully saturated rings. The SMILES string of the molecule is CCC/C=C\C/C=C\CCCCCCCC(=O)NC(COC1OC(CO)C(OC2OC(CO)C(OC3OC(CO)C(O)C(O)C3O)C(O)C2O)C(O)C1O)C(O)CCCCCCCCCCCCCCCCCCCCCCCCC. The summed E-state index contributed by atoms with van der Waals surface area (Å²) in [6.45, 7) is 1.73. The van der Waals surface area contributed by atoms with Gasteiger partial charge in [0.25, 0.3) is 0 Å². The molecule has 19 nitrogen and oxygen atoms in total. The van der Waals surface area contributed by atoms with Crippen LogP contribution in [0.1, 0.15) is 232 Å². The van der Waals surface area contributed by atoms with Gasteiger partial charge in [-0.2, -0.15) is 0 Å². The first kappa shape index (κ1) is 73.5. The molecule has 0 radical (unpaired) electrons. The van der Waals surface area contributed by atoms with Crippen molar-refractivity contribution in [2.75, 3.05) is 26.4 Å². The van der Waals surface area contributed by atoms with Crippen molar-refractivity contribution in [2.24, 2.45) is 0 Å². The highest BCUT2D eigenvalue weighted by molar-refractivity contribution is 5.76. The number of aliphatic hydroxyl groups is 11. The third-order valence-corrected chi connectivity index (χ3v) is 16.3.